The van der Waals surface area contributed by atoms with Crippen LogP contribution in [-0.4, -0.2) is 4.57 Å². The van der Waals surface area contributed by atoms with Crippen LogP contribution in [0.1, 0.15) is 11.1 Å². The summed E-state index contributed by atoms with van der Waals surface area (Å²) in [7, 11) is 0. The van der Waals surface area contributed by atoms with Gasteiger partial charge in [-0.15, -0.1) is 0 Å². The van der Waals surface area contributed by atoms with Crippen molar-refractivity contribution in [1.29, 1.82) is 5.26 Å². The Bertz CT molecular complexity index is 760. The zero-order valence-electron chi connectivity index (χ0n) is 10.1. The molecule has 18 heavy (non-hydrogen) atoms. The second-order valence-electron chi connectivity index (χ2n) is 4.33. The third kappa shape index (κ3) is 1.49. The number of rotatable bonds is 1. The van der Waals surface area contributed by atoms with Crippen LogP contribution in [0.4, 0.5) is 0 Å². The summed E-state index contributed by atoms with van der Waals surface area (Å²) in [6, 6.07) is 18.2. The number of fused-ring (bicyclic) bond motifs is 1. The number of hydrogen-bond donors (Lipinski definition) is 0. The molecule has 1 aromatic heterocycles. The van der Waals surface area contributed by atoms with Crippen molar-refractivity contribution in [1.82, 2.24) is 4.57 Å². The van der Waals surface area contributed by atoms with Crippen molar-refractivity contribution >= 4 is 10.9 Å². The Hall–Kier alpha value is -2.53. The number of nitrogens with zero attached hydrogens (tertiary/aromatic N) is 2. The second-order valence-corrected chi connectivity index (χ2v) is 4.33. The highest BCUT2D eigenvalue weighted by Gasteiger charge is 2.09. The fraction of sp³-hybridized carbons (Fsp3) is 0.0625. The summed E-state index contributed by atoms with van der Waals surface area (Å²) in [6.45, 7) is 2.09. The van der Waals surface area contributed by atoms with Crippen LogP contribution in [0.5, 0.6) is 0 Å². The van der Waals surface area contributed by atoms with E-state index in [1.54, 1.807) is 0 Å². The lowest BCUT2D eigenvalue weighted by Crippen LogP contribution is -1.95. The van der Waals surface area contributed by atoms with E-state index >= 15 is 0 Å². The summed E-state index contributed by atoms with van der Waals surface area (Å²) in [5.74, 6) is 0. The lowest BCUT2D eigenvalue weighted by molar-refractivity contribution is 1.11. The molecule has 0 N–H and O–H groups in total. The highest BCUT2D eigenvalue weighted by Crippen LogP contribution is 2.25. The van der Waals surface area contributed by atoms with Gasteiger partial charge in [-0.3, -0.25) is 0 Å². The van der Waals surface area contributed by atoms with E-state index in [1.807, 2.05) is 36.4 Å². The summed E-state index contributed by atoms with van der Waals surface area (Å²) >= 11 is 0. The van der Waals surface area contributed by atoms with Crippen LogP contribution in [0.3, 0.4) is 0 Å². The van der Waals surface area contributed by atoms with E-state index in [0.717, 1.165) is 11.2 Å². The quantitative estimate of drug-likeness (QED) is 0.627. The number of nitriles is 1. The zero-order chi connectivity index (χ0) is 12.5. The van der Waals surface area contributed by atoms with Crippen molar-refractivity contribution in [3.8, 4) is 11.8 Å². The average Bonchev–Trinajstić information content (AvgIpc) is 2.77. The molecule has 0 aliphatic heterocycles. The molecule has 86 valence electrons. The molecule has 3 rings (SSSR count). The van der Waals surface area contributed by atoms with E-state index in [2.05, 4.69) is 35.9 Å². The van der Waals surface area contributed by atoms with Gasteiger partial charge in [-0.1, -0.05) is 30.3 Å². The van der Waals surface area contributed by atoms with E-state index < -0.39 is 0 Å². The third-order valence-electron chi connectivity index (χ3n) is 3.20. The Morgan fingerprint density at radius 2 is 1.72 bits per heavy atom. The molecule has 2 heteroatoms. The Morgan fingerprint density at radius 3 is 2.56 bits per heavy atom. The molecule has 0 bridgehead atoms. The van der Waals surface area contributed by atoms with Crippen LogP contribution in [0, 0.1) is 18.3 Å². The first kappa shape index (κ1) is 10.6. The van der Waals surface area contributed by atoms with Crippen LogP contribution in [0.25, 0.3) is 16.6 Å². The molecule has 0 aliphatic carbocycles. The largest absolute Gasteiger partial charge is 0.315 e. The van der Waals surface area contributed by atoms with Gasteiger partial charge in [-0.25, -0.2) is 0 Å². The molecule has 0 fully saturated rings. The third-order valence-corrected chi connectivity index (χ3v) is 3.20. The first-order valence-corrected chi connectivity index (χ1v) is 5.87. The standard InChI is InChI=1S/C16H12N2/c1-12-11-18(16-9-5-3-7-14(12)16)15-8-4-2-6-13(15)10-17/h2-9,11H,1H3. The highest BCUT2D eigenvalue weighted by molar-refractivity contribution is 5.85. The number of hydrogen-bond acceptors (Lipinski definition) is 1. The minimum atomic E-state index is 0.693. The van der Waals surface area contributed by atoms with E-state index in [-0.39, 0.29) is 0 Å². The molecule has 0 aliphatic rings. The normalized spacial score (nSPS) is 10.4. The Kier molecular flexibility index (Phi) is 2.39. The van der Waals surface area contributed by atoms with Crippen LogP contribution >= 0.6 is 0 Å². The maximum absolute atomic E-state index is 9.20. The molecule has 0 radical (unpaired) electrons. The SMILES string of the molecule is Cc1cn(-c2ccccc2C#N)c2ccccc12. The average molecular weight is 232 g/mol. The van der Waals surface area contributed by atoms with E-state index in [9.17, 15) is 5.26 Å². The van der Waals surface area contributed by atoms with Crippen molar-refractivity contribution in [3.05, 3.63) is 65.9 Å². The molecule has 2 nitrogen and oxygen atoms in total. The van der Waals surface area contributed by atoms with Crippen LogP contribution in [0.15, 0.2) is 54.7 Å². The summed E-state index contributed by atoms with van der Waals surface area (Å²) in [5.41, 5.74) is 3.98. The molecule has 2 aromatic carbocycles. The molecule has 0 unspecified atom stereocenters. The molecule has 0 atom stereocenters. The van der Waals surface area contributed by atoms with Gasteiger partial charge in [0.15, 0.2) is 0 Å². The van der Waals surface area contributed by atoms with Gasteiger partial charge in [0.25, 0.3) is 0 Å². The van der Waals surface area contributed by atoms with Crippen molar-refractivity contribution in [2.75, 3.05) is 0 Å². The van der Waals surface area contributed by atoms with E-state index in [0.29, 0.717) is 5.56 Å². The highest BCUT2D eigenvalue weighted by atomic mass is 15.0. The molecular weight excluding hydrogens is 220 g/mol. The molecule has 0 spiro atoms. The number of aromatic nitrogens is 1. The van der Waals surface area contributed by atoms with Crippen LogP contribution in [0.2, 0.25) is 0 Å². The summed E-state index contributed by atoms with van der Waals surface area (Å²) in [4.78, 5) is 0. The maximum Gasteiger partial charge on any atom is 0.101 e. The first-order valence-electron chi connectivity index (χ1n) is 5.87. The summed E-state index contributed by atoms with van der Waals surface area (Å²) in [5, 5.41) is 10.4. The lowest BCUT2D eigenvalue weighted by Gasteiger charge is -2.06. The Labute approximate surface area is 106 Å². The monoisotopic (exact) mass is 232 g/mol. The molecule has 0 saturated heterocycles. The second kappa shape index (κ2) is 4.05. The minimum absolute atomic E-state index is 0.693. The lowest BCUT2D eigenvalue weighted by atomic mass is 10.2. The van der Waals surface area contributed by atoms with Gasteiger partial charge in [-0.05, 0) is 30.7 Å². The van der Waals surface area contributed by atoms with Gasteiger partial charge < -0.3 is 4.57 Å². The predicted molar refractivity (Wildman–Crippen MR) is 72.7 cm³/mol. The maximum atomic E-state index is 9.20. The fourth-order valence-corrected chi connectivity index (χ4v) is 2.33. The molecule has 0 saturated carbocycles. The van der Waals surface area contributed by atoms with Gasteiger partial charge in [0.1, 0.15) is 6.07 Å². The minimum Gasteiger partial charge on any atom is -0.315 e. The van der Waals surface area contributed by atoms with Gasteiger partial charge in [0, 0.05) is 11.6 Å². The van der Waals surface area contributed by atoms with Gasteiger partial charge in [-0.2, -0.15) is 5.26 Å². The summed E-state index contributed by atoms with van der Waals surface area (Å²) < 4.78 is 2.09. The van der Waals surface area contributed by atoms with E-state index in [1.165, 1.54) is 10.9 Å². The van der Waals surface area contributed by atoms with Gasteiger partial charge in [0.2, 0.25) is 0 Å². The van der Waals surface area contributed by atoms with Crippen molar-refractivity contribution in [2.45, 2.75) is 6.92 Å². The number of aryl methyl sites for hydroxylation is 1. The van der Waals surface area contributed by atoms with E-state index in [4.69, 9.17) is 0 Å². The van der Waals surface area contributed by atoms with Crippen molar-refractivity contribution in [3.63, 3.8) is 0 Å². The topological polar surface area (TPSA) is 28.7 Å². The molecule has 1 heterocycles. The van der Waals surface area contributed by atoms with Crippen molar-refractivity contribution < 1.29 is 0 Å². The van der Waals surface area contributed by atoms with Crippen molar-refractivity contribution in [2.24, 2.45) is 0 Å². The first-order chi connectivity index (χ1) is 8.81. The van der Waals surface area contributed by atoms with Crippen LogP contribution in [-0.2, 0) is 0 Å². The number of para-hydroxylation sites is 2. The van der Waals surface area contributed by atoms with Crippen LogP contribution < -0.4 is 0 Å². The molecule has 0 amide bonds. The van der Waals surface area contributed by atoms with Gasteiger partial charge >= 0.3 is 0 Å². The smallest absolute Gasteiger partial charge is 0.101 e. The molecule has 3 aromatic rings. The Balaban J connectivity index is 2.36. The number of benzene rings is 2. The predicted octanol–water partition coefficient (Wildman–Crippen LogP) is 3.81. The Morgan fingerprint density at radius 1 is 1.00 bits per heavy atom. The van der Waals surface area contributed by atoms with Gasteiger partial charge in [0.05, 0.1) is 16.8 Å². The zero-order valence-corrected chi connectivity index (χ0v) is 10.1. The molecular formula is C16H12N2. The summed E-state index contributed by atoms with van der Waals surface area (Å²) in [6.07, 6.45) is 2.08. The fourth-order valence-electron chi connectivity index (χ4n) is 2.33.